The van der Waals surface area contributed by atoms with Gasteiger partial charge in [-0.2, -0.15) is 4.98 Å². The molecule has 1 aliphatic rings. The van der Waals surface area contributed by atoms with Crippen molar-refractivity contribution < 1.29 is 4.79 Å². The Balaban J connectivity index is 1.82. The minimum absolute atomic E-state index is 0.158. The molecule has 6 nitrogen and oxygen atoms in total. The SMILES string of the molecule is CN(C)c1nc(N2CCCCC2)ncc1NC(=O)c1ccc(I)cc1. The van der Waals surface area contributed by atoms with Gasteiger partial charge < -0.3 is 15.1 Å². The Labute approximate surface area is 161 Å². The minimum Gasteiger partial charge on any atom is -0.361 e. The predicted molar refractivity (Wildman–Crippen MR) is 110 cm³/mol. The molecule has 132 valence electrons. The lowest BCUT2D eigenvalue weighted by molar-refractivity contribution is 0.102. The van der Waals surface area contributed by atoms with Crippen LogP contribution in [0.5, 0.6) is 0 Å². The fraction of sp³-hybridized carbons (Fsp3) is 0.389. The summed E-state index contributed by atoms with van der Waals surface area (Å²) in [5.41, 5.74) is 1.24. The van der Waals surface area contributed by atoms with Gasteiger partial charge in [-0.1, -0.05) is 0 Å². The number of rotatable bonds is 4. The number of nitrogens with one attached hydrogen (secondary N) is 1. The second-order valence-corrected chi connectivity index (χ2v) is 7.56. The Morgan fingerprint density at radius 2 is 1.84 bits per heavy atom. The Hall–Kier alpha value is -1.90. The molecule has 1 fully saturated rings. The van der Waals surface area contributed by atoms with Crippen LogP contribution in [-0.2, 0) is 0 Å². The number of aromatic nitrogens is 2. The smallest absolute Gasteiger partial charge is 0.255 e. The van der Waals surface area contributed by atoms with Crippen LogP contribution in [0.15, 0.2) is 30.5 Å². The molecule has 2 aromatic rings. The standard InChI is InChI=1S/C18H22IN5O/c1-23(2)16-15(21-17(25)13-6-8-14(19)9-7-13)12-20-18(22-16)24-10-4-3-5-11-24/h6-9,12H,3-5,10-11H2,1-2H3,(H,21,25). The molecule has 1 aliphatic heterocycles. The fourth-order valence-corrected chi connectivity index (χ4v) is 3.19. The Morgan fingerprint density at radius 3 is 2.48 bits per heavy atom. The van der Waals surface area contributed by atoms with E-state index < -0.39 is 0 Å². The highest BCUT2D eigenvalue weighted by Gasteiger charge is 2.18. The molecule has 1 N–H and O–H groups in total. The van der Waals surface area contributed by atoms with Crippen molar-refractivity contribution in [3.8, 4) is 0 Å². The van der Waals surface area contributed by atoms with Gasteiger partial charge in [-0.25, -0.2) is 4.98 Å². The van der Waals surface area contributed by atoms with Crippen LogP contribution in [-0.4, -0.2) is 43.1 Å². The second kappa shape index (κ2) is 7.99. The van der Waals surface area contributed by atoms with Crippen molar-refractivity contribution in [2.75, 3.05) is 42.3 Å². The summed E-state index contributed by atoms with van der Waals surface area (Å²) < 4.78 is 1.09. The summed E-state index contributed by atoms with van der Waals surface area (Å²) in [4.78, 5) is 25.8. The molecule has 0 unspecified atom stereocenters. The lowest BCUT2D eigenvalue weighted by atomic mass is 10.1. The summed E-state index contributed by atoms with van der Waals surface area (Å²) in [5, 5.41) is 2.93. The zero-order valence-corrected chi connectivity index (χ0v) is 16.7. The van der Waals surface area contributed by atoms with Crippen molar-refractivity contribution >= 4 is 46.0 Å². The molecule has 1 amide bonds. The van der Waals surface area contributed by atoms with Gasteiger partial charge in [-0.3, -0.25) is 4.79 Å². The molecule has 1 aromatic carbocycles. The Morgan fingerprint density at radius 1 is 1.16 bits per heavy atom. The van der Waals surface area contributed by atoms with Crippen LogP contribution in [0.2, 0.25) is 0 Å². The van der Waals surface area contributed by atoms with E-state index in [1.165, 1.54) is 19.3 Å². The van der Waals surface area contributed by atoms with E-state index in [2.05, 4.69) is 42.8 Å². The Bertz CT molecular complexity index is 742. The van der Waals surface area contributed by atoms with E-state index in [4.69, 9.17) is 0 Å². The van der Waals surface area contributed by atoms with Crippen molar-refractivity contribution in [2.24, 2.45) is 0 Å². The highest BCUT2D eigenvalue weighted by molar-refractivity contribution is 14.1. The van der Waals surface area contributed by atoms with Gasteiger partial charge in [0, 0.05) is 36.3 Å². The fourth-order valence-electron chi connectivity index (χ4n) is 2.83. The van der Waals surface area contributed by atoms with Crippen molar-refractivity contribution in [3.63, 3.8) is 0 Å². The van der Waals surface area contributed by atoms with Crippen LogP contribution in [0.4, 0.5) is 17.5 Å². The predicted octanol–water partition coefficient (Wildman–Crippen LogP) is 3.39. The second-order valence-electron chi connectivity index (χ2n) is 6.31. The first-order valence-electron chi connectivity index (χ1n) is 8.41. The van der Waals surface area contributed by atoms with Gasteiger partial charge in [0.25, 0.3) is 5.91 Å². The molecule has 2 heterocycles. The number of hydrogen-bond acceptors (Lipinski definition) is 5. The van der Waals surface area contributed by atoms with Gasteiger partial charge in [-0.05, 0) is 66.1 Å². The highest BCUT2D eigenvalue weighted by atomic mass is 127. The molecule has 0 spiro atoms. The van der Waals surface area contributed by atoms with E-state index in [0.29, 0.717) is 11.3 Å². The number of anilines is 3. The highest BCUT2D eigenvalue weighted by Crippen LogP contribution is 2.25. The van der Waals surface area contributed by atoms with Gasteiger partial charge in [0.2, 0.25) is 5.95 Å². The third-order valence-corrected chi connectivity index (χ3v) is 4.89. The molecular formula is C18H22IN5O. The van der Waals surface area contributed by atoms with Crippen molar-refractivity contribution in [1.29, 1.82) is 0 Å². The number of carbonyl (C=O) groups is 1. The van der Waals surface area contributed by atoms with Gasteiger partial charge >= 0.3 is 0 Å². The molecule has 1 aromatic heterocycles. The maximum atomic E-state index is 12.5. The monoisotopic (exact) mass is 451 g/mol. The summed E-state index contributed by atoms with van der Waals surface area (Å²) in [7, 11) is 3.84. The summed E-state index contributed by atoms with van der Waals surface area (Å²) in [6.45, 7) is 1.97. The van der Waals surface area contributed by atoms with E-state index >= 15 is 0 Å². The zero-order valence-electron chi connectivity index (χ0n) is 14.5. The molecule has 0 aliphatic carbocycles. The van der Waals surface area contributed by atoms with Gasteiger partial charge in [0.05, 0.1) is 6.20 Å². The van der Waals surface area contributed by atoms with Crippen LogP contribution in [0.25, 0.3) is 0 Å². The molecule has 0 atom stereocenters. The van der Waals surface area contributed by atoms with E-state index in [-0.39, 0.29) is 5.91 Å². The average Bonchev–Trinajstić information content (AvgIpc) is 2.63. The van der Waals surface area contributed by atoms with E-state index in [0.717, 1.165) is 28.4 Å². The van der Waals surface area contributed by atoms with Crippen LogP contribution >= 0.6 is 22.6 Å². The number of nitrogens with zero attached hydrogens (tertiary/aromatic N) is 4. The van der Waals surface area contributed by atoms with Crippen LogP contribution in [0.3, 0.4) is 0 Å². The maximum absolute atomic E-state index is 12.5. The van der Waals surface area contributed by atoms with Gasteiger partial charge in [-0.15, -0.1) is 0 Å². The third kappa shape index (κ3) is 4.39. The number of benzene rings is 1. The quantitative estimate of drug-likeness (QED) is 0.723. The lowest BCUT2D eigenvalue weighted by Gasteiger charge is -2.28. The number of carbonyl (C=O) groups excluding carboxylic acids is 1. The van der Waals surface area contributed by atoms with E-state index in [9.17, 15) is 4.79 Å². The topological polar surface area (TPSA) is 61.4 Å². The first kappa shape index (κ1) is 17.9. The zero-order chi connectivity index (χ0) is 17.8. The number of amides is 1. The van der Waals surface area contributed by atoms with Crippen molar-refractivity contribution in [3.05, 3.63) is 39.6 Å². The van der Waals surface area contributed by atoms with Crippen molar-refractivity contribution in [1.82, 2.24) is 9.97 Å². The maximum Gasteiger partial charge on any atom is 0.255 e. The molecule has 25 heavy (non-hydrogen) atoms. The lowest BCUT2D eigenvalue weighted by Crippen LogP contribution is -2.31. The van der Waals surface area contributed by atoms with Crippen LogP contribution < -0.4 is 15.1 Å². The van der Waals surface area contributed by atoms with Gasteiger partial charge in [0.1, 0.15) is 5.69 Å². The summed E-state index contributed by atoms with van der Waals surface area (Å²) in [5.74, 6) is 1.29. The minimum atomic E-state index is -0.158. The molecule has 0 saturated carbocycles. The summed E-state index contributed by atoms with van der Waals surface area (Å²) in [6, 6.07) is 7.46. The molecule has 0 bridgehead atoms. The third-order valence-electron chi connectivity index (χ3n) is 4.17. The van der Waals surface area contributed by atoms with E-state index in [1.807, 2.05) is 43.3 Å². The van der Waals surface area contributed by atoms with Crippen LogP contribution in [0, 0.1) is 3.57 Å². The molecule has 7 heteroatoms. The number of piperidine rings is 1. The molecule has 0 radical (unpaired) electrons. The Kier molecular flexibility index (Phi) is 5.72. The first-order valence-corrected chi connectivity index (χ1v) is 9.49. The largest absolute Gasteiger partial charge is 0.361 e. The van der Waals surface area contributed by atoms with Gasteiger partial charge in [0.15, 0.2) is 5.82 Å². The summed E-state index contributed by atoms with van der Waals surface area (Å²) in [6.07, 6.45) is 5.32. The number of halogens is 1. The van der Waals surface area contributed by atoms with Crippen molar-refractivity contribution in [2.45, 2.75) is 19.3 Å². The normalized spacial score (nSPS) is 14.3. The molecule has 3 rings (SSSR count). The molecular weight excluding hydrogens is 429 g/mol. The summed E-state index contributed by atoms with van der Waals surface area (Å²) >= 11 is 2.22. The van der Waals surface area contributed by atoms with Crippen LogP contribution in [0.1, 0.15) is 29.6 Å². The number of hydrogen-bond donors (Lipinski definition) is 1. The average molecular weight is 451 g/mol. The first-order chi connectivity index (χ1) is 12.0. The molecule has 1 saturated heterocycles. The van der Waals surface area contributed by atoms with E-state index in [1.54, 1.807) is 6.20 Å².